The molecule has 0 atom stereocenters. The van der Waals surface area contributed by atoms with Crippen LogP contribution < -0.4 is 10.6 Å². The first-order valence-corrected chi connectivity index (χ1v) is 8.52. The SMILES string of the molecule is Cc1cc(C)nc(NC(=S)NC(=O)c2ccc(-c3cccc([N+](=O)[O-])c3)o2)n1. The highest BCUT2D eigenvalue weighted by molar-refractivity contribution is 7.80. The second kappa shape index (κ2) is 7.92. The summed E-state index contributed by atoms with van der Waals surface area (Å²) in [7, 11) is 0. The molecule has 0 aliphatic heterocycles. The summed E-state index contributed by atoms with van der Waals surface area (Å²) in [5.41, 5.74) is 1.94. The molecule has 1 amide bonds. The molecule has 3 rings (SSSR count). The topological polar surface area (TPSA) is 123 Å². The molecule has 0 aliphatic carbocycles. The second-order valence-electron chi connectivity index (χ2n) is 5.85. The van der Waals surface area contributed by atoms with Crippen molar-refractivity contribution in [2.75, 3.05) is 5.32 Å². The van der Waals surface area contributed by atoms with Crippen LogP contribution in [-0.2, 0) is 0 Å². The zero-order valence-electron chi connectivity index (χ0n) is 14.9. The highest BCUT2D eigenvalue weighted by Crippen LogP contribution is 2.25. The number of nitro benzene ring substituents is 1. The Morgan fingerprint density at radius 1 is 1.14 bits per heavy atom. The molecule has 0 aliphatic rings. The van der Waals surface area contributed by atoms with Crippen molar-refractivity contribution in [1.29, 1.82) is 0 Å². The monoisotopic (exact) mass is 397 g/mol. The molecular weight excluding hydrogens is 382 g/mol. The van der Waals surface area contributed by atoms with Gasteiger partial charge >= 0.3 is 0 Å². The van der Waals surface area contributed by atoms with Gasteiger partial charge in [0, 0.05) is 29.1 Å². The van der Waals surface area contributed by atoms with Crippen LogP contribution in [0.5, 0.6) is 0 Å². The van der Waals surface area contributed by atoms with Crippen molar-refractivity contribution in [3.05, 3.63) is 69.7 Å². The summed E-state index contributed by atoms with van der Waals surface area (Å²) < 4.78 is 5.50. The summed E-state index contributed by atoms with van der Waals surface area (Å²) >= 11 is 5.11. The van der Waals surface area contributed by atoms with E-state index < -0.39 is 10.8 Å². The number of aromatic nitrogens is 2. The van der Waals surface area contributed by atoms with E-state index in [9.17, 15) is 14.9 Å². The number of hydrogen-bond donors (Lipinski definition) is 2. The lowest BCUT2D eigenvalue weighted by molar-refractivity contribution is -0.384. The Labute approximate surface area is 165 Å². The van der Waals surface area contributed by atoms with E-state index in [4.69, 9.17) is 16.6 Å². The van der Waals surface area contributed by atoms with Crippen molar-refractivity contribution in [3.8, 4) is 11.3 Å². The van der Waals surface area contributed by atoms with E-state index in [-0.39, 0.29) is 22.5 Å². The quantitative estimate of drug-likeness (QED) is 0.390. The number of non-ortho nitro benzene ring substituents is 1. The fourth-order valence-electron chi connectivity index (χ4n) is 2.47. The minimum atomic E-state index is -0.571. The van der Waals surface area contributed by atoms with E-state index in [1.807, 2.05) is 19.9 Å². The number of nitrogens with one attached hydrogen (secondary N) is 2. The molecule has 2 heterocycles. The maximum Gasteiger partial charge on any atom is 0.293 e. The Bertz CT molecular complexity index is 1060. The summed E-state index contributed by atoms with van der Waals surface area (Å²) in [6.45, 7) is 3.64. The first-order valence-electron chi connectivity index (χ1n) is 8.11. The minimum Gasteiger partial charge on any atom is -0.451 e. The lowest BCUT2D eigenvalue weighted by atomic mass is 10.1. The fourth-order valence-corrected chi connectivity index (χ4v) is 2.65. The first kappa shape index (κ1) is 19.1. The van der Waals surface area contributed by atoms with Crippen LogP contribution in [0.15, 0.2) is 46.9 Å². The number of nitrogens with zero attached hydrogens (tertiary/aromatic N) is 3. The Morgan fingerprint density at radius 3 is 2.54 bits per heavy atom. The van der Waals surface area contributed by atoms with Crippen LogP contribution >= 0.6 is 12.2 Å². The second-order valence-corrected chi connectivity index (χ2v) is 6.26. The number of benzene rings is 1. The van der Waals surface area contributed by atoms with E-state index in [1.165, 1.54) is 18.2 Å². The Morgan fingerprint density at radius 2 is 1.86 bits per heavy atom. The molecule has 0 unspecified atom stereocenters. The van der Waals surface area contributed by atoms with Crippen LogP contribution in [0.2, 0.25) is 0 Å². The van der Waals surface area contributed by atoms with E-state index in [0.29, 0.717) is 11.3 Å². The van der Waals surface area contributed by atoms with Crippen molar-refractivity contribution in [2.45, 2.75) is 13.8 Å². The normalized spacial score (nSPS) is 10.4. The largest absolute Gasteiger partial charge is 0.451 e. The molecule has 1 aromatic carbocycles. The van der Waals surface area contributed by atoms with Crippen LogP contribution in [0.1, 0.15) is 21.9 Å². The van der Waals surface area contributed by atoms with Gasteiger partial charge in [-0.05, 0) is 44.3 Å². The number of carbonyl (C=O) groups excluding carboxylic acids is 1. The third-order valence-corrected chi connectivity index (χ3v) is 3.81. The molecule has 2 aromatic heterocycles. The molecule has 142 valence electrons. The summed E-state index contributed by atoms with van der Waals surface area (Å²) in [4.78, 5) is 31.1. The third kappa shape index (κ3) is 4.54. The fraction of sp³-hybridized carbons (Fsp3) is 0.111. The van der Waals surface area contributed by atoms with Gasteiger partial charge in [0.25, 0.3) is 11.6 Å². The molecular formula is C18H15N5O4S. The van der Waals surface area contributed by atoms with Crippen molar-refractivity contribution in [2.24, 2.45) is 0 Å². The van der Waals surface area contributed by atoms with Crippen LogP contribution in [-0.4, -0.2) is 25.9 Å². The molecule has 3 aromatic rings. The Kier molecular flexibility index (Phi) is 5.41. The molecule has 9 nitrogen and oxygen atoms in total. The third-order valence-electron chi connectivity index (χ3n) is 3.61. The number of nitro groups is 1. The summed E-state index contributed by atoms with van der Waals surface area (Å²) in [5, 5.41) is 16.1. The van der Waals surface area contributed by atoms with Gasteiger partial charge in [-0.1, -0.05) is 12.1 Å². The van der Waals surface area contributed by atoms with Crippen LogP contribution in [0.3, 0.4) is 0 Å². The van der Waals surface area contributed by atoms with Gasteiger partial charge in [0.2, 0.25) is 5.95 Å². The molecule has 0 bridgehead atoms. The lowest BCUT2D eigenvalue weighted by Gasteiger charge is -2.08. The van der Waals surface area contributed by atoms with Crippen LogP contribution in [0.25, 0.3) is 11.3 Å². The summed E-state index contributed by atoms with van der Waals surface area (Å²) in [6.07, 6.45) is 0. The van der Waals surface area contributed by atoms with Crippen molar-refractivity contribution in [3.63, 3.8) is 0 Å². The number of furan rings is 1. The minimum absolute atomic E-state index is 0.00648. The smallest absolute Gasteiger partial charge is 0.293 e. The Hall–Kier alpha value is -3.66. The Balaban J connectivity index is 1.69. The summed E-state index contributed by atoms with van der Waals surface area (Å²) in [6, 6.07) is 10.8. The van der Waals surface area contributed by atoms with Crippen molar-refractivity contribution < 1.29 is 14.1 Å². The van der Waals surface area contributed by atoms with Crippen LogP contribution in [0, 0.1) is 24.0 Å². The standard InChI is InChI=1S/C18H15N5O4S/c1-10-8-11(2)20-17(19-10)22-18(28)21-16(24)15-7-6-14(27-15)12-4-3-5-13(9-12)23(25)26/h3-9H,1-2H3,(H2,19,20,21,22,24,28). The number of thiocarbonyl (C=S) groups is 1. The van der Waals surface area contributed by atoms with E-state index in [1.54, 1.807) is 18.2 Å². The molecule has 0 spiro atoms. The lowest BCUT2D eigenvalue weighted by Crippen LogP contribution is -2.34. The highest BCUT2D eigenvalue weighted by atomic mass is 32.1. The molecule has 0 saturated heterocycles. The predicted molar refractivity (Wildman–Crippen MR) is 106 cm³/mol. The number of anilines is 1. The zero-order chi connectivity index (χ0) is 20.3. The first-order chi connectivity index (χ1) is 13.3. The number of hydrogen-bond acceptors (Lipinski definition) is 7. The van der Waals surface area contributed by atoms with Gasteiger partial charge in [0.05, 0.1) is 4.92 Å². The van der Waals surface area contributed by atoms with Gasteiger partial charge in [-0.25, -0.2) is 9.97 Å². The van der Waals surface area contributed by atoms with Crippen molar-refractivity contribution >= 4 is 34.9 Å². The number of amides is 1. The van der Waals surface area contributed by atoms with Gasteiger partial charge in [0.1, 0.15) is 5.76 Å². The molecule has 2 N–H and O–H groups in total. The number of aryl methyl sites for hydroxylation is 2. The van der Waals surface area contributed by atoms with Gasteiger partial charge in [-0.3, -0.25) is 20.2 Å². The average Bonchev–Trinajstić information content (AvgIpc) is 3.11. The number of carbonyl (C=O) groups is 1. The number of rotatable bonds is 4. The predicted octanol–water partition coefficient (Wildman–Crippen LogP) is 3.39. The molecule has 0 fully saturated rings. The van der Waals surface area contributed by atoms with E-state index in [0.717, 1.165) is 11.4 Å². The maximum absolute atomic E-state index is 12.3. The highest BCUT2D eigenvalue weighted by Gasteiger charge is 2.16. The molecule has 10 heteroatoms. The molecule has 28 heavy (non-hydrogen) atoms. The summed E-state index contributed by atoms with van der Waals surface area (Å²) in [5.74, 6) is 0.0375. The van der Waals surface area contributed by atoms with E-state index in [2.05, 4.69) is 20.6 Å². The van der Waals surface area contributed by atoms with Gasteiger partial charge in [-0.2, -0.15) is 0 Å². The van der Waals surface area contributed by atoms with Gasteiger partial charge in [0.15, 0.2) is 10.9 Å². The average molecular weight is 397 g/mol. The van der Waals surface area contributed by atoms with Gasteiger partial charge < -0.3 is 9.73 Å². The van der Waals surface area contributed by atoms with Crippen molar-refractivity contribution in [1.82, 2.24) is 15.3 Å². The van der Waals surface area contributed by atoms with Crippen LogP contribution in [0.4, 0.5) is 11.6 Å². The van der Waals surface area contributed by atoms with E-state index >= 15 is 0 Å². The maximum atomic E-state index is 12.3. The van der Waals surface area contributed by atoms with Gasteiger partial charge in [-0.15, -0.1) is 0 Å². The zero-order valence-corrected chi connectivity index (χ0v) is 15.7. The molecule has 0 radical (unpaired) electrons. The molecule has 0 saturated carbocycles.